The smallest absolute Gasteiger partial charge is 0.0593 e. The van der Waals surface area contributed by atoms with Gasteiger partial charge in [0.05, 0.1) is 6.61 Å². The van der Waals surface area contributed by atoms with Crippen LogP contribution < -0.4 is 5.32 Å². The van der Waals surface area contributed by atoms with Gasteiger partial charge in [0.2, 0.25) is 0 Å². The second kappa shape index (κ2) is 9.44. The molecule has 0 fully saturated rings. The van der Waals surface area contributed by atoms with Gasteiger partial charge in [0, 0.05) is 19.2 Å². The van der Waals surface area contributed by atoms with Crippen LogP contribution in [0.25, 0.3) is 0 Å². The molecule has 0 aliphatic rings. The second-order valence-corrected chi connectivity index (χ2v) is 3.77. The minimum absolute atomic E-state index is 0.656. The molecule has 1 unspecified atom stereocenters. The molecule has 14 heavy (non-hydrogen) atoms. The first-order chi connectivity index (χ1) is 6.72. The third-order valence-corrected chi connectivity index (χ3v) is 2.59. The number of rotatable bonds is 9. The number of hydrogen-bond acceptors (Lipinski definition) is 3. The van der Waals surface area contributed by atoms with Crippen LogP contribution in [0.15, 0.2) is 0 Å². The van der Waals surface area contributed by atoms with Crippen molar-refractivity contribution >= 4 is 0 Å². The lowest BCUT2D eigenvalue weighted by atomic mass is 10.1. The van der Waals surface area contributed by atoms with E-state index in [2.05, 4.69) is 24.2 Å². The SMILES string of the molecule is CCOCCN(C)C(C)CCCNC. The predicted molar refractivity (Wildman–Crippen MR) is 61.7 cm³/mol. The third kappa shape index (κ3) is 7.30. The number of likely N-dealkylation sites (N-methyl/N-ethyl adjacent to an activating group) is 1. The molecule has 0 saturated heterocycles. The maximum Gasteiger partial charge on any atom is 0.0593 e. The fraction of sp³-hybridized carbons (Fsp3) is 1.00. The summed E-state index contributed by atoms with van der Waals surface area (Å²) in [6.45, 7) is 8.14. The molecule has 1 atom stereocenters. The average molecular weight is 202 g/mol. The molecule has 86 valence electrons. The molecule has 0 aromatic heterocycles. The fourth-order valence-corrected chi connectivity index (χ4v) is 1.37. The van der Waals surface area contributed by atoms with Gasteiger partial charge in [0.25, 0.3) is 0 Å². The third-order valence-electron chi connectivity index (χ3n) is 2.59. The van der Waals surface area contributed by atoms with E-state index in [1.807, 2.05) is 14.0 Å². The van der Waals surface area contributed by atoms with Crippen molar-refractivity contribution in [1.82, 2.24) is 10.2 Å². The molecule has 0 aliphatic carbocycles. The van der Waals surface area contributed by atoms with Gasteiger partial charge in [-0.3, -0.25) is 0 Å². The minimum Gasteiger partial charge on any atom is -0.380 e. The van der Waals surface area contributed by atoms with Gasteiger partial charge in [-0.15, -0.1) is 0 Å². The lowest BCUT2D eigenvalue weighted by Crippen LogP contribution is -2.32. The largest absolute Gasteiger partial charge is 0.380 e. The van der Waals surface area contributed by atoms with Crippen LogP contribution in [0, 0.1) is 0 Å². The Morgan fingerprint density at radius 3 is 2.71 bits per heavy atom. The number of nitrogens with zero attached hydrogens (tertiary/aromatic N) is 1. The Hall–Kier alpha value is -0.120. The number of hydrogen-bond donors (Lipinski definition) is 1. The molecule has 0 aromatic carbocycles. The highest BCUT2D eigenvalue weighted by Crippen LogP contribution is 2.03. The van der Waals surface area contributed by atoms with Crippen LogP contribution in [0.1, 0.15) is 26.7 Å². The molecule has 3 heteroatoms. The Morgan fingerprint density at radius 1 is 1.43 bits per heavy atom. The van der Waals surface area contributed by atoms with Crippen molar-refractivity contribution in [2.75, 3.05) is 40.4 Å². The van der Waals surface area contributed by atoms with Crippen molar-refractivity contribution in [1.29, 1.82) is 0 Å². The van der Waals surface area contributed by atoms with E-state index in [9.17, 15) is 0 Å². The highest BCUT2D eigenvalue weighted by molar-refractivity contribution is 4.63. The Kier molecular flexibility index (Phi) is 9.35. The molecule has 0 bridgehead atoms. The molecule has 1 N–H and O–H groups in total. The lowest BCUT2D eigenvalue weighted by molar-refractivity contribution is 0.108. The highest BCUT2D eigenvalue weighted by Gasteiger charge is 2.07. The Balaban J connectivity index is 3.39. The van der Waals surface area contributed by atoms with Crippen molar-refractivity contribution in [3.05, 3.63) is 0 Å². The van der Waals surface area contributed by atoms with E-state index in [4.69, 9.17) is 4.74 Å². The zero-order valence-corrected chi connectivity index (χ0v) is 10.2. The summed E-state index contributed by atoms with van der Waals surface area (Å²) in [6, 6.07) is 0.656. The number of nitrogens with one attached hydrogen (secondary N) is 1. The van der Waals surface area contributed by atoms with Gasteiger partial charge >= 0.3 is 0 Å². The first-order valence-electron chi connectivity index (χ1n) is 5.65. The zero-order chi connectivity index (χ0) is 10.8. The van der Waals surface area contributed by atoms with E-state index in [-0.39, 0.29) is 0 Å². The molecule has 0 rings (SSSR count). The van der Waals surface area contributed by atoms with E-state index in [0.29, 0.717) is 6.04 Å². The summed E-state index contributed by atoms with van der Waals surface area (Å²) < 4.78 is 5.33. The van der Waals surface area contributed by atoms with Gasteiger partial charge in [0.15, 0.2) is 0 Å². The van der Waals surface area contributed by atoms with Crippen LogP contribution in [-0.2, 0) is 4.74 Å². The Bertz CT molecular complexity index is 106. The lowest BCUT2D eigenvalue weighted by Gasteiger charge is -2.24. The maximum absolute atomic E-state index is 5.33. The summed E-state index contributed by atoms with van der Waals surface area (Å²) in [5.74, 6) is 0. The van der Waals surface area contributed by atoms with Crippen LogP contribution >= 0.6 is 0 Å². The van der Waals surface area contributed by atoms with Gasteiger partial charge in [0.1, 0.15) is 0 Å². The molecular formula is C11H26N2O. The van der Waals surface area contributed by atoms with E-state index in [1.165, 1.54) is 12.8 Å². The molecule has 0 radical (unpaired) electrons. The summed E-state index contributed by atoms with van der Waals surface area (Å²) >= 11 is 0. The summed E-state index contributed by atoms with van der Waals surface area (Å²) in [4.78, 5) is 2.37. The normalized spacial score (nSPS) is 13.5. The quantitative estimate of drug-likeness (QED) is 0.571. The fourth-order valence-electron chi connectivity index (χ4n) is 1.37. The second-order valence-electron chi connectivity index (χ2n) is 3.77. The molecular weight excluding hydrogens is 176 g/mol. The summed E-state index contributed by atoms with van der Waals surface area (Å²) in [5.41, 5.74) is 0. The van der Waals surface area contributed by atoms with E-state index >= 15 is 0 Å². The molecule has 0 saturated carbocycles. The van der Waals surface area contributed by atoms with Crippen LogP contribution in [0.2, 0.25) is 0 Å². The standard InChI is InChI=1S/C11H26N2O/c1-5-14-10-9-13(4)11(2)7-6-8-12-3/h11-12H,5-10H2,1-4H3. The monoisotopic (exact) mass is 202 g/mol. The van der Waals surface area contributed by atoms with Crippen molar-refractivity contribution in [3.8, 4) is 0 Å². The van der Waals surface area contributed by atoms with Gasteiger partial charge in [-0.05, 0) is 47.3 Å². The zero-order valence-electron chi connectivity index (χ0n) is 10.2. The van der Waals surface area contributed by atoms with Crippen molar-refractivity contribution < 1.29 is 4.74 Å². The van der Waals surface area contributed by atoms with Gasteiger partial charge in [-0.1, -0.05) is 0 Å². The van der Waals surface area contributed by atoms with Crippen molar-refractivity contribution in [2.45, 2.75) is 32.7 Å². The highest BCUT2D eigenvalue weighted by atomic mass is 16.5. The summed E-state index contributed by atoms with van der Waals surface area (Å²) in [5, 5.41) is 3.17. The average Bonchev–Trinajstić information content (AvgIpc) is 2.18. The molecule has 0 aromatic rings. The predicted octanol–water partition coefficient (Wildman–Crippen LogP) is 1.34. The molecule has 0 amide bonds. The first kappa shape index (κ1) is 13.9. The van der Waals surface area contributed by atoms with E-state index in [0.717, 1.165) is 26.3 Å². The number of ether oxygens (including phenoxy) is 1. The topological polar surface area (TPSA) is 24.5 Å². The van der Waals surface area contributed by atoms with E-state index in [1.54, 1.807) is 0 Å². The molecule has 0 aliphatic heterocycles. The first-order valence-corrected chi connectivity index (χ1v) is 5.65. The van der Waals surface area contributed by atoms with Crippen LogP contribution in [0.4, 0.5) is 0 Å². The maximum atomic E-state index is 5.33. The summed E-state index contributed by atoms with van der Waals surface area (Å²) in [6.07, 6.45) is 2.50. The van der Waals surface area contributed by atoms with Gasteiger partial charge < -0.3 is 15.0 Å². The van der Waals surface area contributed by atoms with Gasteiger partial charge in [-0.25, -0.2) is 0 Å². The van der Waals surface area contributed by atoms with E-state index < -0.39 is 0 Å². The molecule has 0 heterocycles. The van der Waals surface area contributed by atoms with Crippen molar-refractivity contribution in [2.24, 2.45) is 0 Å². The van der Waals surface area contributed by atoms with Crippen LogP contribution in [-0.4, -0.2) is 51.3 Å². The molecule has 3 nitrogen and oxygen atoms in total. The van der Waals surface area contributed by atoms with Crippen molar-refractivity contribution in [3.63, 3.8) is 0 Å². The van der Waals surface area contributed by atoms with Gasteiger partial charge in [-0.2, -0.15) is 0 Å². The molecule has 0 spiro atoms. The Morgan fingerprint density at radius 2 is 2.14 bits per heavy atom. The Labute approximate surface area is 88.8 Å². The summed E-state index contributed by atoms with van der Waals surface area (Å²) in [7, 11) is 4.17. The minimum atomic E-state index is 0.656. The van der Waals surface area contributed by atoms with Crippen LogP contribution in [0.3, 0.4) is 0 Å². The van der Waals surface area contributed by atoms with Crippen LogP contribution in [0.5, 0.6) is 0 Å².